The van der Waals surface area contributed by atoms with E-state index in [1.807, 2.05) is 0 Å². The average molecular weight is 391 g/mol. The van der Waals surface area contributed by atoms with Gasteiger partial charge in [0, 0.05) is 24.0 Å². The zero-order valence-corrected chi connectivity index (χ0v) is 16.0. The molecule has 2 N–H and O–H groups in total. The summed E-state index contributed by atoms with van der Waals surface area (Å²) in [5.41, 5.74) is -0.0400. The van der Waals surface area contributed by atoms with E-state index in [0.717, 1.165) is 56.3 Å². The van der Waals surface area contributed by atoms with Crippen molar-refractivity contribution in [3.8, 4) is 0 Å². The van der Waals surface area contributed by atoms with Gasteiger partial charge in [-0.05, 0) is 49.8 Å². The highest BCUT2D eigenvalue weighted by Gasteiger charge is 2.41. The standard InChI is InChI=1S/C19H28F3NO2S/c1-25-17(15-7-5-8-16(10-9-15)19(20,21)22)18(11-3-2-4-12-18)23-13-6-14-26-24/h5,7,9-10,17,23-24H,2-4,6,8,11-14H2,1H3. The van der Waals surface area contributed by atoms with Crippen molar-refractivity contribution in [1.82, 2.24) is 5.32 Å². The van der Waals surface area contributed by atoms with Gasteiger partial charge in [0.1, 0.15) is 6.10 Å². The third-order valence-corrected chi connectivity index (χ3v) is 5.64. The summed E-state index contributed by atoms with van der Waals surface area (Å²) in [4.78, 5) is 0. The monoisotopic (exact) mass is 391 g/mol. The van der Waals surface area contributed by atoms with E-state index in [0.29, 0.717) is 5.75 Å². The van der Waals surface area contributed by atoms with Crippen LogP contribution in [0.2, 0.25) is 0 Å². The Morgan fingerprint density at radius 1 is 1.27 bits per heavy atom. The summed E-state index contributed by atoms with van der Waals surface area (Å²) < 4.78 is 53.7. The van der Waals surface area contributed by atoms with E-state index >= 15 is 0 Å². The van der Waals surface area contributed by atoms with Gasteiger partial charge in [-0.15, -0.1) is 0 Å². The number of ether oxygens (including phenoxy) is 1. The number of alkyl halides is 3. The molecule has 1 fully saturated rings. The van der Waals surface area contributed by atoms with Crippen LogP contribution in [0.25, 0.3) is 0 Å². The maximum Gasteiger partial charge on any atom is 0.412 e. The second-order valence-corrected chi connectivity index (χ2v) is 7.58. The predicted molar refractivity (Wildman–Crippen MR) is 100 cm³/mol. The maximum absolute atomic E-state index is 13.0. The summed E-state index contributed by atoms with van der Waals surface area (Å²) in [6, 6.07) is 0. The first kappa shape index (κ1) is 21.5. The molecule has 1 unspecified atom stereocenters. The molecule has 0 saturated heterocycles. The van der Waals surface area contributed by atoms with E-state index < -0.39 is 11.7 Å². The molecular formula is C19H28F3NO2S. The molecule has 0 radical (unpaired) electrons. The smallest absolute Gasteiger partial charge is 0.375 e. The number of allylic oxidation sites excluding steroid dienone is 4. The Hall–Kier alpha value is -0.760. The Bertz CT molecular complexity index is 537. The number of nitrogens with one attached hydrogen (secondary N) is 1. The van der Waals surface area contributed by atoms with Crippen molar-refractivity contribution in [3.63, 3.8) is 0 Å². The predicted octanol–water partition coefficient (Wildman–Crippen LogP) is 5.27. The Balaban J connectivity index is 2.23. The molecule has 148 valence electrons. The first-order valence-electron chi connectivity index (χ1n) is 9.11. The number of hydrogen-bond acceptors (Lipinski definition) is 4. The SMILES string of the molecule is COC(C1=CC=C(C(F)(F)F)CC=C1)C1(NCCCSO)CCCCC1. The van der Waals surface area contributed by atoms with Crippen molar-refractivity contribution < 1.29 is 22.5 Å². The lowest BCUT2D eigenvalue weighted by atomic mass is 9.74. The fraction of sp³-hybridized carbons (Fsp3) is 0.684. The normalized spacial score (nSPS) is 21.7. The molecule has 0 amide bonds. The lowest BCUT2D eigenvalue weighted by molar-refractivity contribution is -0.0928. The van der Waals surface area contributed by atoms with E-state index in [1.165, 1.54) is 12.5 Å². The molecule has 3 nitrogen and oxygen atoms in total. The van der Waals surface area contributed by atoms with Gasteiger partial charge in [-0.2, -0.15) is 13.2 Å². The highest BCUT2D eigenvalue weighted by atomic mass is 32.2. The molecule has 2 aliphatic rings. The Kier molecular flexibility index (Phi) is 8.26. The quantitative estimate of drug-likeness (QED) is 0.437. The van der Waals surface area contributed by atoms with Crippen LogP contribution >= 0.6 is 12.0 Å². The largest absolute Gasteiger partial charge is 0.412 e. The number of halogens is 3. The lowest BCUT2D eigenvalue weighted by Gasteiger charge is -2.44. The second-order valence-electron chi connectivity index (χ2n) is 6.91. The van der Waals surface area contributed by atoms with Gasteiger partial charge in [-0.25, -0.2) is 0 Å². The van der Waals surface area contributed by atoms with Gasteiger partial charge in [-0.3, -0.25) is 0 Å². The summed E-state index contributed by atoms with van der Waals surface area (Å²) >= 11 is 0.827. The van der Waals surface area contributed by atoms with Crippen LogP contribution in [-0.4, -0.2) is 41.8 Å². The highest BCUT2D eigenvalue weighted by molar-refractivity contribution is 7.93. The maximum atomic E-state index is 13.0. The number of hydrogen-bond donors (Lipinski definition) is 2. The van der Waals surface area contributed by atoms with Crippen LogP contribution in [0.15, 0.2) is 35.5 Å². The fourth-order valence-electron chi connectivity index (χ4n) is 3.90. The third kappa shape index (κ3) is 5.62. The van der Waals surface area contributed by atoms with Crippen molar-refractivity contribution in [1.29, 1.82) is 0 Å². The van der Waals surface area contributed by atoms with Gasteiger partial charge in [0.15, 0.2) is 0 Å². The number of methoxy groups -OCH3 is 1. The Labute approximate surface area is 158 Å². The minimum atomic E-state index is -4.30. The molecule has 0 aromatic carbocycles. The zero-order chi connectivity index (χ0) is 19.0. The summed E-state index contributed by atoms with van der Waals surface area (Å²) in [7, 11) is 1.63. The third-order valence-electron chi connectivity index (χ3n) is 5.16. The van der Waals surface area contributed by atoms with Crippen LogP contribution < -0.4 is 5.32 Å². The molecule has 7 heteroatoms. The van der Waals surface area contributed by atoms with Gasteiger partial charge >= 0.3 is 6.18 Å². The first-order valence-corrected chi connectivity index (χ1v) is 10.1. The van der Waals surface area contributed by atoms with Crippen LogP contribution in [0.4, 0.5) is 13.2 Å². The van der Waals surface area contributed by atoms with Crippen LogP contribution in [-0.2, 0) is 4.74 Å². The van der Waals surface area contributed by atoms with E-state index in [2.05, 4.69) is 5.32 Å². The molecule has 0 bridgehead atoms. The molecule has 26 heavy (non-hydrogen) atoms. The van der Waals surface area contributed by atoms with Gasteiger partial charge in [0.2, 0.25) is 0 Å². The summed E-state index contributed by atoms with van der Waals surface area (Å²) in [5.74, 6) is 0.654. The van der Waals surface area contributed by atoms with E-state index in [-0.39, 0.29) is 18.1 Å². The van der Waals surface area contributed by atoms with Crippen molar-refractivity contribution in [2.75, 3.05) is 19.4 Å². The summed E-state index contributed by atoms with van der Waals surface area (Å²) in [6.07, 6.45) is 7.35. The van der Waals surface area contributed by atoms with Gasteiger partial charge in [0.25, 0.3) is 0 Å². The molecule has 1 atom stereocenters. The minimum absolute atomic E-state index is 0.117. The molecule has 1 saturated carbocycles. The van der Waals surface area contributed by atoms with Crippen LogP contribution in [0.3, 0.4) is 0 Å². The van der Waals surface area contributed by atoms with Crippen molar-refractivity contribution in [2.24, 2.45) is 0 Å². The zero-order valence-electron chi connectivity index (χ0n) is 15.1. The molecule has 0 heterocycles. The van der Waals surface area contributed by atoms with E-state index in [4.69, 9.17) is 9.29 Å². The van der Waals surface area contributed by atoms with Crippen LogP contribution in [0, 0.1) is 0 Å². The minimum Gasteiger partial charge on any atom is -0.375 e. The Morgan fingerprint density at radius 3 is 2.62 bits per heavy atom. The second kappa shape index (κ2) is 9.97. The van der Waals surface area contributed by atoms with Gasteiger partial charge in [0.05, 0.1) is 0 Å². The average Bonchev–Trinajstić information content (AvgIpc) is 2.86. The molecule has 2 aliphatic carbocycles. The highest BCUT2D eigenvalue weighted by Crippen LogP contribution is 2.37. The lowest BCUT2D eigenvalue weighted by Crippen LogP contribution is -2.57. The molecule has 0 aromatic heterocycles. The van der Waals surface area contributed by atoms with E-state index in [1.54, 1.807) is 25.3 Å². The summed E-state index contributed by atoms with van der Waals surface area (Å²) in [6.45, 7) is 0.744. The summed E-state index contributed by atoms with van der Waals surface area (Å²) in [5, 5.41) is 3.61. The molecule has 0 aromatic rings. The first-order chi connectivity index (χ1) is 12.4. The van der Waals surface area contributed by atoms with Crippen molar-refractivity contribution in [2.45, 2.75) is 62.8 Å². The van der Waals surface area contributed by atoms with Crippen molar-refractivity contribution in [3.05, 3.63) is 35.5 Å². The van der Waals surface area contributed by atoms with Crippen LogP contribution in [0.5, 0.6) is 0 Å². The molecule has 0 aliphatic heterocycles. The van der Waals surface area contributed by atoms with E-state index in [9.17, 15) is 13.2 Å². The molecular weight excluding hydrogens is 363 g/mol. The van der Waals surface area contributed by atoms with Gasteiger partial charge < -0.3 is 14.6 Å². The fourth-order valence-corrected chi connectivity index (χ4v) is 4.17. The van der Waals surface area contributed by atoms with Gasteiger partial charge in [-0.1, -0.05) is 43.6 Å². The molecule has 0 spiro atoms. The van der Waals surface area contributed by atoms with Crippen molar-refractivity contribution >= 4 is 12.0 Å². The van der Waals surface area contributed by atoms with Crippen LogP contribution in [0.1, 0.15) is 44.9 Å². The molecule has 2 rings (SSSR count). The Morgan fingerprint density at radius 2 is 2.00 bits per heavy atom. The topological polar surface area (TPSA) is 41.5 Å². The number of rotatable bonds is 8.